The first-order valence-corrected chi connectivity index (χ1v) is 4.92. The smallest absolute Gasteiger partial charge is 0.330 e. The highest BCUT2D eigenvalue weighted by Gasteiger charge is 2.01. The van der Waals surface area contributed by atoms with Crippen LogP contribution in [0.4, 0.5) is 0 Å². The molecule has 16 heavy (non-hydrogen) atoms. The van der Waals surface area contributed by atoms with Gasteiger partial charge in [0.1, 0.15) is 0 Å². The van der Waals surface area contributed by atoms with Gasteiger partial charge in [-0.25, -0.2) is 9.78 Å². The Balaban J connectivity index is 2.20. The van der Waals surface area contributed by atoms with Crippen LogP contribution >= 0.6 is 0 Å². The summed E-state index contributed by atoms with van der Waals surface area (Å²) in [4.78, 5) is 29.7. The molecule has 0 spiro atoms. The van der Waals surface area contributed by atoms with Crippen LogP contribution in [0.2, 0.25) is 0 Å². The van der Waals surface area contributed by atoms with Crippen LogP contribution in [-0.4, -0.2) is 19.1 Å². The molecule has 0 atom stereocenters. The van der Waals surface area contributed by atoms with E-state index in [1.807, 2.05) is 0 Å². The van der Waals surface area contributed by atoms with Crippen LogP contribution in [0.5, 0.6) is 0 Å². The molecule has 6 nitrogen and oxygen atoms in total. The molecule has 1 N–H and O–H groups in total. The van der Waals surface area contributed by atoms with Crippen molar-refractivity contribution < 1.29 is 0 Å². The molecule has 84 valence electrons. The SMILES string of the molecule is Cn1c(=O)ccn(CCc2cnc[nH]2)c1=O. The topological polar surface area (TPSA) is 72.7 Å². The van der Waals surface area contributed by atoms with E-state index < -0.39 is 0 Å². The van der Waals surface area contributed by atoms with Gasteiger partial charge in [0.05, 0.1) is 6.33 Å². The normalized spacial score (nSPS) is 10.6. The van der Waals surface area contributed by atoms with Crippen molar-refractivity contribution in [1.82, 2.24) is 19.1 Å². The molecule has 0 radical (unpaired) electrons. The molecule has 0 bridgehead atoms. The van der Waals surface area contributed by atoms with E-state index in [2.05, 4.69) is 9.97 Å². The van der Waals surface area contributed by atoms with Crippen molar-refractivity contribution in [3.8, 4) is 0 Å². The van der Waals surface area contributed by atoms with Gasteiger partial charge in [-0.3, -0.25) is 9.36 Å². The minimum Gasteiger partial charge on any atom is -0.348 e. The molecule has 0 unspecified atom stereocenters. The number of hydrogen-bond acceptors (Lipinski definition) is 3. The van der Waals surface area contributed by atoms with E-state index in [1.165, 1.54) is 23.9 Å². The third kappa shape index (κ3) is 1.95. The van der Waals surface area contributed by atoms with Crippen molar-refractivity contribution in [2.24, 2.45) is 7.05 Å². The maximum atomic E-state index is 11.6. The molecule has 0 aliphatic heterocycles. The lowest BCUT2D eigenvalue weighted by molar-refractivity contribution is 0.595. The molecular formula is C10H12N4O2. The number of H-pyrrole nitrogens is 1. The number of rotatable bonds is 3. The average molecular weight is 220 g/mol. The van der Waals surface area contributed by atoms with Gasteiger partial charge in [-0.15, -0.1) is 0 Å². The Morgan fingerprint density at radius 2 is 2.25 bits per heavy atom. The Morgan fingerprint density at radius 3 is 2.94 bits per heavy atom. The third-order valence-corrected chi connectivity index (χ3v) is 2.44. The maximum absolute atomic E-state index is 11.6. The zero-order chi connectivity index (χ0) is 11.5. The van der Waals surface area contributed by atoms with E-state index in [9.17, 15) is 9.59 Å². The highest BCUT2D eigenvalue weighted by atomic mass is 16.2. The van der Waals surface area contributed by atoms with Crippen LogP contribution in [0.15, 0.2) is 34.4 Å². The van der Waals surface area contributed by atoms with Gasteiger partial charge < -0.3 is 9.55 Å². The van der Waals surface area contributed by atoms with Crippen LogP contribution in [-0.2, 0) is 20.0 Å². The predicted molar refractivity (Wildman–Crippen MR) is 58.2 cm³/mol. The number of aromatic amines is 1. The first-order chi connectivity index (χ1) is 7.68. The largest absolute Gasteiger partial charge is 0.348 e. The fraction of sp³-hybridized carbons (Fsp3) is 0.300. The van der Waals surface area contributed by atoms with Gasteiger partial charge in [-0.1, -0.05) is 0 Å². The second kappa shape index (κ2) is 4.18. The average Bonchev–Trinajstić information content (AvgIpc) is 2.78. The van der Waals surface area contributed by atoms with E-state index in [0.717, 1.165) is 10.3 Å². The summed E-state index contributed by atoms with van der Waals surface area (Å²) in [5.41, 5.74) is 0.371. The number of nitrogens with one attached hydrogen (secondary N) is 1. The summed E-state index contributed by atoms with van der Waals surface area (Å²) >= 11 is 0. The highest BCUT2D eigenvalue weighted by Crippen LogP contribution is 1.93. The van der Waals surface area contributed by atoms with Gasteiger partial charge in [0.15, 0.2) is 0 Å². The standard InChI is InChI=1S/C10H12N4O2/c1-13-9(15)3-5-14(10(13)16)4-2-8-6-11-7-12-8/h3,5-7H,2,4H2,1H3,(H,11,12). The number of nitrogens with zero attached hydrogens (tertiary/aromatic N) is 3. The van der Waals surface area contributed by atoms with Gasteiger partial charge >= 0.3 is 5.69 Å². The predicted octanol–water partition coefficient (Wildman–Crippen LogP) is -0.487. The van der Waals surface area contributed by atoms with Crippen molar-refractivity contribution in [2.45, 2.75) is 13.0 Å². The first-order valence-electron chi connectivity index (χ1n) is 4.92. The molecule has 0 fully saturated rings. The fourth-order valence-electron chi connectivity index (χ4n) is 1.45. The molecule has 0 aliphatic rings. The zero-order valence-electron chi connectivity index (χ0n) is 8.88. The summed E-state index contributed by atoms with van der Waals surface area (Å²) in [6, 6.07) is 1.38. The van der Waals surface area contributed by atoms with Crippen LogP contribution in [0.25, 0.3) is 0 Å². The molecule has 2 aromatic heterocycles. The van der Waals surface area contributed by atoms with Crippen LogP contribution in [0.3, 0.4) is 0 Å². The molecule has 6 heteroatoms. The quantitative estimate of drug-likeness (QED) is 0.758. The van der Waals surface area contributed by atoms with Crippen molar-refractivity contribution in [3.05, 3.63) is 51.3 Å². The van der Waals surface area contributed by atoms with Crippen molar-refractivity contribution in [2.75, 3.05) is 0 Å². The lowest BCUT2D eigenvalue weighted by Gasteiger charge is -2.05. The van der Waals surface area contributed by atoms with E-state index in [-0.39, 0.29) is 11.2 Å². The zero-order valence-corrected chi connectivity index (χ0v) is 8.88. The minimum atomic E-state index is -0.299. The fourth-order valence-corrected chi connectivity index (χ4v) is 1.45. The lowest BCUT2D eigenvalue weighted by Crippen LogP contribution is -2.37. The molecular weight excluding hydrogens is 208 g/mol. The number of imidazole rings is 1. The van der Waals surface area contributed by atoms with E-state index in [4.69, 9.17) is 0 Å². The van der Waals surface area contributed by atoms with Gasteiger partial charge in [0.2, 0.25) is 0 Å². The highest BCUT2D eigenvalue weighted by molar-refractivity contribution is 4.95. The molecule has 0 saturated carbocycles. The Bertz CT molecular complexity index is 580. The Morgan fingerprint density at radius 1 is 1.44 bits per heavy atom. The summed E-state index contributed by atoms with van der Waals surface area (Å²) in [7, 11) is 1.47. The Kier molecular flexibility index (Phi) is 2.72. The maximum Gasteiger partial charge on any atom is 0.330 e. The van der Waals surface area contributed by atoms with Gasteiger partial charge in [-0.05, 0) is 0 Å². The minimum absolute atomic E-state index is 0.289. The summed E-state index contributed by atoms with van der Waals surface area (Å²) in [6.07, 6.45) is 5.50. The van der Waals surface area contributed by atoms with Gasteiger partial charge in [0.25, 0.3) is 5.56 Å². The first kappa shape index (κ1) is 10.4. The third-order valence-electron chi connectivity index (χ3n) is 2.44. The Labute approximate surface area is 91.2 Å². The van der Waals surface area contributed by atoms with Crippen LogP contribution in [0, 0.1) is 0 Å². The van der Waals surface area contributed by atoms with Crippen molar-refractivity contribution in [3.63, 3.8) is 0 Å². The van der Waals surface area contributed by atoms with Crippen LogP contribution in [0.1, 0.15) is 5.69 Å². The number of aryl methyl sites for hydroxylation is 2. The summed E-state index contributed by atoms with van der Waals surface area (Å²) in [6.45, 7) is 0.523. The molecule has 0 aromatic carbocycles. The molecule has 2 aromatic rings. The second-order valence-corrected chi connectivity index (χ2v) is 3.52. The van der Waals surface area contributed by atoms with Gasteiger partial charge in [0, 0.05) is 44.2 Å². The monoisotopic (exact) mass is 220 g/mol. The molecule has 0 aliphatic carbocycles. The Hall–Kier alpha value is -2.11. The summed E-state index contributed by atoms with van der Waals surface area (Å²) < 4.78 is 2.59. The summed E-state index contributed by atoms with van der Waals surface area (Å²) in [5, 5.41) is 0. The molecule has 0 amide bonds. The van der Waals surface area contributed by atoms with E-state index in [0.29, 0.717) is 13.0 Å². The number of aromatic nitrogens is 4. The van der Waals surface area contributed by atoms with Crippen LogP contribution < -0.4 is 11.2 Å². The van der Waals surface area contributed by atoms with Gasteiger partial charge in [-0.2, -0.15) is 0 Å². The molecule has 0 saturated heterocycles. The van der Waals surface area contributed by atoms with E-state index in [1.54, 1.807) is 12.5 Å². The van der Waals surface area contributed by atoms with Crippen molar-refractivity contribution in [1.29, 1.82) is 0 Å². The lowest BCUT2D eigenvalue weighted by atomic mass is 10.3. The molecule has 2 heterocycles. The summed E-state index contributed by atoms with van der Waals surface area (Å²) in [5.74, 6) is 0. The second-order valence-electron chi connectivity index (χ2n) is 3.52. The van der Waals surface area contributed by atoms with Crippen molar-refractivity contribution >= 4 is 0 Å². The molecule has 2 rings (SSSR count). The van der Waals surface area contributed by atoms with E-state index >= 15 is 0 Å². The number of hydrogen-bond donors (Lipinski definition) is 1.